The zero-order chi connectivity index (χ0) is 12.4. The Morgan fingerprint density at radius 2 is 1.89 bits per heavy atom. The summed E-state index contributed by atoms with van der Waals surface area (Å²) in [5.74, 6) is 0.233. The van der Waals surface area contributed by atoms with Gasteiger partial charge in [-0.2, -0.15) is 0 Å². The van der Waals surface area contributed by atoms with Gasteiger partial charge in [0.05, 0.1) is 17.5 Å². The van der Waals surface area contributed by atoms with Gasteiger partial charge in [-0.15, -0.1) is 0 Å². The summed E-state index contributed by atoms with van der Waals surface area (Å²) in [4.78, 5) is 11.3. The molecular weight excluding hydrogens is 229 g/mol. The van der Waals surface area contributed by atoms with E-state index in [0.717, 1.165) is 11.3 Å². The molecule has 0 amide bonds. The van der Waals surface area contributed by atoms with Crippen LogP contribution < -0.4 is 0 Å². The molecule has 0 spiro atoms. The van der Waals surface area contributed by atoms with Gasteiger partial charge in [-0.3, -0.25) is 4.98 Å². The smallest absolute Gasteiger partial charge is 0.140 e. The number of aromatic nitrogens is 3. The Bertz CT molecular complexity index is 662. The summed E-state index contributed by atoms with van der Waals surface area (Å²) in [6, 6.07) is 10.3. The van der Waals surface area contributed by atoms with Crippen LogP contribution in [0.5, 0.6) is 0 Å². The number of nitrogens with one attached hydrogen (secondary N) is 1. The fourth-order valence-corrected chi connectivity index (χ4v) is 1.78. The minimum Gasteiger partial charge on any atom is -0.338 e. The third kappa shape index (κ3) is 1.88. The molecule has 3 nitrogen and oxygen atoms in total. The normalized spacial score (nSPS) is 10.5. The number of pyridine rings is 1. The second-order valence-electron chi connectivity index (χ2n) is 3.87. The van der Waals surface area contributed by atoms with E-state index in [9.17, 15) is 4.39 Å². The monoisotopic (exact) mass is 239 g/mol. The van der Waals surface area contributed by atoms with E-state index in [4.69, 9.17) is 0 Å². The number of benzene rings is 1. The van der Waals surface area contributed by atoms with E-state index in [1.54, 1.807) is 36.8 Å². The van der Waals surface area contributed by atoms with Crippen molar-refractivity contribution in [2.45, 2.75) is 0 Å². The molecule has 0 saturated carbocycles. The number of H-pyrrole nitrogens is 1. The first kappa shape index (κ1) is 10.7. The Hall–Kier alpha value is -2.49. The van der Waals surface area contributed by atoms with Gasteiger partial charge < -0.3 is 4.98 Å². The van der Waals surface area contributed by atoms with E-state index in [2.05, 4.69) is 15.0 Å². The number of halogens is 1. The third-order valence-electron chi connectivity index (χ3n) is 2.68. The first-order chi connectivity index (χ1) is 8.84. The van der Waals surface area contributed by atoms with Crippen LogP contribution in [-0.2, 0) is 0 Å². The lowest BCUT2D eigenvalue weighted by Gasteiger charge is -1.98. The number of hydrogen-bond donors (Lipinski definition) is 1. The molecule has 0 fully saturated rings. The second-order valence-corrected chi connectivity index (χ2v) is 3.87. The molecule has 0 atom stereocenters. The SMILES string of the molecule is Fc1ccccc1-c1ncc(-c2cccnc2)[nH]1. The maximum absolute atomic E-state index is 13.6. The van der Waals surface area contributed by atoms with Gasteiger partial charge >= 0.3 is 0 Å². The molecule has 0 radical (unpaired) electrons. The third-order valence-corrected chi connectivity index (χ3v) is 2.68. The quantitative estimate of drug-likeness (QED) is 0.745. The molecule has 2 aromatic heterocycles. The lowest BCUT2D eigenvalue weighted by Crippen LogP contribution is -1.85. The summed E-state index contributed by atoms with van der Waals surface area (Å²) < 4.78 is 13.6. The molecule has 1 aromatic carbocycles. The molecule has 0 unspecified atom stereocenters. The topological polar surface area (TPSA) is 41.6 Å². The first-order valence-electron chi connectivity index (χ1n) is 5.55. The molecule has 0 aliphatic rings. The molecule has 3 aromatic rings. The standard InChI is InChI=1S/C14H10FN3/c15-12-6-2-1-5-11(12)14-17-9-13(18-14)10-4-3-7-16-8-10/h1-9H,(H,17,18). The molecule has 18 heavy (non-hydrogen) atoms. The number of imidazole rings is 1. The van der Waals surface area contributed by atoms with Crippen molar-refractivity contribution in [3.8, 4) is 22.6 Å². The molecule has 1 N–H and O–H groups in total. The average Bonchev–Trinajstić information content (AvgIpc) is 2.90. The van der Waals surface area contributed by atoms with Crippen molar-refractivity contribution >= 4 is 0 Å². The Morgan fingerprint density at radius 3 is 2.67 bits per heavy atom. The van der Waals surface area contributed by atoms with Crippen molar-refractivity contribution in [3.63, 3.8) is 0 Å². The van der Waals surface area contributed by atoms with Crippen LogP contribution in [0.2, 0.25) is 0 Å². The summed E-state index contributed by atoms with van der Waals surface area (Å²) in [6.07, 6.45) is 5.12. The molecule has 0 saturated heterocycles. The van der Waals surface area contributed by atoms with E-state index >= 15 is 0 Å². The van der Waals surface area contributed by atoms with Crippen molar-refractivity contribution in [2.75, 3.05) is 0 Å². The van der Waals surface area contributed by atoms with Gasteiger partial charge in [-0.25, -0.2) is 9.37 Å². The maximum atomic E-state index is 13.6. The number of nitrogens with zero attached hydrogens (tertiary/aromatic N) is 2. The van der Waals surface area contributed by atoms with Crippen LogP contribution in [0.25, 0.3) is 22.6 Å². The lowest BCUT2D eigenvalue weighted by atomic mass is 10.2. The predicted octanol–water partition coefficient (Wildman–Crippen LogP) is 3.28. The second kappa shape index (κ2) is 4.41. The van der Waals surface area contributed by atoms with Crippen molar-refractivity contribution < 1.29 is 4.39 Å². The predicted molar refractivity (Wildman–Crippen MR) is 67.2 cm³/mol. The minimum atomic E-state index is -0.287. The highest BCUT2D eigenvalue weighted by atomic mass is 19.1. The van der Waals surface area contributed by atoms with Crippen LogP contribution in [0.15, 0.2) is 55.0 Å². The van der Waals surface area contributed by atoms with Crippen LogP contribution in [-0.4, -0.2) is 15.0 Å². The zero-order valence-corrected chi connectivity index (χ0v) is 9.47. The fraction of sp³-hybridized carbons (Fsp3) is 0. The van der Waals surface area contributed by atoms with E-state index in [0.29, 0.717) is 11.4 Å². The molecule has 0 aliphatic carbocycles. The minimum absolute atomic E-state index is 0.287. The molecular formula is C14H10FN3. The first-order valence-corrected chi connectivity index (χ1v) is 5.55. The van der Waals surface area contributed by atoms with E-state index in [1.165, 1.54) is 6.07 Å². The van der Waals surface area contributed by atoms with Gasteiger partial charge in [0.2, 0.25) is 0 Å². The number of hydrogen-bond acceptors (Lipinski definition) is 2. The lowest BCUT2D eigenvalue weighted by molar-refractivity contribution is 0.630. The van der Waals surface area contributed by atoms with E-state index in [-0.39, 0.29) is 5.82 Å². The summed E-state index contributed by atoms with van der Waals surface area (Å²) in [7, 11) is 0. The molecule has 2 heterocycles. The van der Waals surface area contributed by atoms with Gasteiger partial charge in [-0.1, -0.05) is 12.1 Å². The van der Waals surface area contributed by atoms with Gasteiger partial charge in [0.1, 0.15) is 11.6 Å². The number of rotatable bonds is 2. The summed E-state index contributed by atoms with van der Waals surface area (Å²) in [5.41, 5.74) is 2.21. The van der Waals surface area contributed by atoms with Gasteiger partial charge in [0.15, 0.2) is 0 Å². The number of aromatic amines is 1. The largest absolute Gasteiger partial charge is 0.338 e. The van der Waals surface area contributed by atoms with Gasteiger partial charge in [0, 0.05) is 18.0 Å². The highest BCUT2D eigenvalue weighted by Crippen LogP contribution is 2.23. The average molecular weight is 239 g/mol. The van der Waals surface area contributed by atoms with Gasteiger partial charge in [-0.05, 0) is 24.3 Å². The highest BCUT2D eigenvalue weighted by Gasteiger charge is 2.08. The molecule has 0 bridgehead atoms. The van der Waals surface area contributed by atoms with Crippen LogP contribution in [0.3, 0.4) is 0 Å². The Balaban J connectivity index is 2.03. The molecule has 3 rings (SSSR count). The van der Waals surface area contributed by atoms with E-state index < -0.39 is 0 Å². The summed E-state index contributed by atoms with van der Waals surface area (Å²) >= 11 is 0. The van der Waals surface area contributed by atoms with Crippen molar-refractivity contribution in [1.29, 1.82) is 0 Å². The van der Waals surface area contributed by atoms with Crippen LogP contribution in [0.1, 0.15) is 0 Å². The van der Waals surface area contributed by atoms with Crippen molar-refractivity contribution in [1.82, 2.24) is 15.0 Å². The molecule has 88 valence electrons. The van der Waals surface area contributed by atoms with Gasteiger partial charge in [0.25, 0.3) is 0 Å². The Labute approximate surface area is 103 Å². The molecule has 4 heteroatoms. The zero-order valence-electron chi connectivity index (χ0n) is 9.47. The van der Waals surface area contributed by atoms with Crippen LogP contribution >= 0.6 is 0 Å². The van der Waals surface area contributed by atoms with Crippen LogP contribution in [0.4, 0.5) is 4.39 Å². The fourth-order valence-electron chi connectivity index (χ4n) is 1.78. The van der Waals surface area contributed by atoms with Crippen molar-refractivity contribution in [3.05, 3.63) is 60.8 Å². The maximum Gasteiger partial charge on any atom is 0.140 e. The Kier molecular flexibility index (Phi) is 2.61. The summed E-state index contributed by atoms with van der Waals surface area (Å²) in [6.45, 7) is 0. The summed E-state index contributed by atoms with van der Waals surface area (Å²) in [5, 5.41) is 0. The van der Waals surface area contributed by atoms with Crippen LogP contribution in [0, 0.1) is 5.82 Å². The molecule has 0 aliphatic heterocycles. The van der Waals surface area contributed by atoms with Crippen molar-refractivity contribution in [2.24, 2.45) is 0 Å². The Morgan fingerprint density at radius 1 is 1.00 bits per heavy atom. The highest BCUT2D eigenvalue weighted by molar-refractivity contribution is 5.63. The van der Waals surface area contributed by atoms with E-state index in [1.807, 2.05) is 12.1 Å².